The standard InChI is InChI=1S/C17H25N3O2/c1-4-12(5-2)17-19-16-13(18)8-7-9-14(16)20(17)11-10-15(21)22-6-3/h7-9,12H,4-6,10-11,18H2,1-3H3. The molecular weight excluding hydrogens is 278 g/mol. The van der Waals surface area contributed by atoms with E-state index in [0.717, 1.165) is 29.7 Å². The molecule has 0 saturated heterocycles. The van der Waals surface area contributed by atoms with Gasteiger partial charge in [-0.05, 0) is 31.9 Å². The summed E-state index contributed by atoms with van der Waals surface area (Å²) in [4.78, 5) is 16.4. The number of aryl methyl sites for hydroxylation is 1. The summed E-state index contributed by atoms with van der Waals surface area (Å²) in [5, 5.41) is 0. The molecule has 0 spiro atoms. The fourth-order valence-corrected chi connectivity index (χ4v) is 2.82. The zero-order valence-corrected chi connectivity index (χ0v) is 13.6. The van der Waals surface area contributed by atoms with Gasteiger partial charge >= 0.3 is 5.97 Å². The van der Waals surface area contributed by atoms with E-state index in [1.165, 1.54) is 0 Å². The fraction of sp³-hybridized carbons (Fsp3) is 0.529. The van der Waals surface area contributed by atoms with E-state index in [1.54, 1.807) is 0 Å². The molecule has 0 saturated carbocycles. The highest BCUT2D eigenvalue weighted by Crippen LogP contribution is 2.29. The van der Waals surface area contributed by atoms with E-state index >= 15 is 0 Å². The normalized spacial score (nSPS) is 11.3. The van der Waals surface area contributed by atoms with Crippen molar-refractivity contribution < 1.29 is 9.53 Å². The van der Waals surface area contributed by atoms with Crippen LogP contribution >= 0.6 is 0 Å². The number of ether oxygens (including phenoxy) is 1. The molecule has 0 aliphatic rings. The van der Waals surface area contributed by atoms with Crippen LogP contribution in [0.5, 0.6) is 0 Å². The molecule has 0 fully saturated rings. The number of esters is 1. The number of hydrogen-bond donors (Lipinski definition) is 1. The van der Waals surface area contributed by atoms with Crippen LogP contribution in [0.4, 0.5) is 5.69 Å². The van der Waals surface area contributed by atoms with Gasteiger partial charge in [0, 0.05) is 12.5 Å². The van der Waals surface area contributed by atoms with E-state index in [1.807, 2.05) is 25.1 Å². The first kappa shape index (κ1) is 16.3. The number of rotatable bonds is 7. The minimum absolute atomic E-state index is 0.177. The van der Waals surface area contributed by atoms with E-state index in [-0.39, 0.29) is 5.97 Å². The Kier molecular flexibility index (Phi) is 5.41. The highest BCUT2D eigenvalue weighted by atomic mass is 16.5. The number of nitrogens with zero attached hydrogens (tertiary/aromatic N) is 2. The van der Waals surface area contributed by atoms with Gasteiger partial charge in [0.1, 0.15) is 11.3 Å². The molecule has 0 aliphatic heterocycles. The Balaban J connectivity index is 2.41. The Morgan fingerprint density at radius 3 is 2.68 bits per heavy atom. The van der Waals surface area contributed by atoms with E-state index in [4.69, 9.17) is 15.5 Å². The smallest absolute Gasteiger partial charge is 0.307 e. The summed E-state index contributed by atoms with van der Waals surface area (Å²) in [6.45, 7) is 7.13. The van der Waals surface area contributed by atoms with Crippen LogP contribution in [0, 0.1) is 0 Å². The lowest BCUT2D eigenvalue weighted by atomic mass is 10.0. The molecule has 5 heteroatoms. The van der Waals surface area contributed by atoms with Crippen molar-refractivity contribution in [3.8, 4) is 0 Å². The van der Waals surface area contributed by atoms with Crippen molar-refractivity contribution in [3.05, 3.63) is 24.0 Å². The first-order chi connectivity index (χ1) is 10.6. The largest absolute Gasteiger partial charge is 0.466 e. The molecule has 1 heterocycles. The number of imidazole rings is 1. The number of anilines is 1. The average Bonchev–Trinajstić information content (AvgIpc) is 2.87. The van der Waals surface area contributed by atoms with E-state index in [9.17, 15) is 4.79 Å². The van der Waals surface area contributed by atoms with Crippen LogP contribution in [0.25, 0.3) is 11.0 Å². The molecule has 2 rings (SSSR count). The second kappa shape index (κ2) is 7.29. The molecule has 120 valence electrons. The Labute approximate surface area is 131 Å². The van der Waals surface area contributed by atoms with Gasteiger partial charge in [-0.3, -0.25) is 4.79 Å². The SMILES string of the molecule is CCOC(=O)CCn1c(C(CC)CC)nc2c(N)cccc21. The van der Waals surface area contributed by atoms with Crippen molar-refractivity contribution in [2.75, 3.05) is 12.3 Å². The molecule has 2 N–H and O–H groups in total. The van der Waals surface area contributed by atoms with Crippen LogP contribution in [0.2, 0.25) is 0 Å². The molecule has 0 radical (unpaired) electrons. The molecule has 0 unspecified atom stereocenters. The molecule has 0 amide bonds. The predicted octanol–water partition coefficient (Wildman–Crippen LogP) is 3.48. The van der Waals surface area contributed by atoms with Crippen molar-refractivity contribution in [1.82, 2.24) is 9.55 Å². The number of nitrogens with two attached hydrogens (primary N) is 1. The lowest BCUT2D eigenvalue weighted by Gasteiger charge is -2.15. The summed E-state index contributed by atoms with van der Waals surface area (Å²) in [5.74, 6) is 1.21. The first-order valence-electron chi connectivity index (χ1n) is 8.02. The van der Waals surface area contributed by atoms with Gasteiger partial charge in [-0.25, -0.2) is 4.98 Å². The predicted molar refractivity (Wildman–Crippen MR) is 88.7 cm³/mol. The van der Waals surface area contributed by atoms with Crippen LogP contribution in [-0.4, -0.2) is 22.1 Å². The zero-order valence-electron chi connectivity index (χ0n) is 13.6. The van der Waals surface area contributed by atoms with Crippen LogP contribution in [-0.2, 0) is 16.1 Å². The summed E-state index contributed by atoms with van der Waals surface area (Å²) < 4.78 is 7.16. The Bertz CT molecular complexity index is 645. The number of para-hydroxylation sites is 1. The van der Waals surface area contributed by atoms with E-state index in [2.05, 4.69) is 18.4 Å². The summed E-state index contributed by atoms with van der Waals surface area (Å²) in [6.07, 6.45) is 2.37. The fourth-order valence-electron chi connectivity index (χ4n) is 2.82. The monoisotopic (exact) mass is 303 g/mol. The molecule has 0 aliphatic carbocycles. The van der Waals surface area contributed by atoms with Gasteiger partial charge in [0.25, 0.3) is 0 Å². The van der Waals surface area contributed by atoms with Gasteiger partial charge in [0.2, 0.25) is 0 Å². The quantitative estimate of drug-likeness (QED) is 0.628. The average molecular weight is 303 g/mol. The number of hydrogen-bond acceptors (Lipinski definition) is 4. The topological polar surface area (TPSA) is 70.1 Å². The summed E-state index contributed by atoms with van der Waals surface area (Å²) in [5.41, 5.74) is 8.56. The highest BCUT2D eigenvalue weighted by molar-refractivity contribution is 5.87. The van der Waals surface area contributed by atoms with Crippen molar-refractivity contribution in [2.24, 2.45) is 0 Å². The zero-order chi connectivity index (χ0) is 16.1. The summed E-state index contributed by atoms with van der Waals surface area (Å²) in [7, 11) is 0. The van der Waals surface area contributed by atoms with Gasteiger partial charge in [0.15, 0.2) is 0 Å². The second-order valence-electron chi connectivity index (χ2n) is 5.41. The lowest BCUT2D eigenvalue weighted by Crippen LogP contribution is -2.13. The number of fused-ring (bicyclic) bond motifs is 1. The molecule has 5 nitrogen and oxygen atoms in total. The maximum atomic E-state index is 11.7. The van der Waals surface area contributed by atoms with Crippen LogP contribution in [0.15, 0.2) is 18.2 Å². The number of nitrogen functional groups attached to an aromatic ring is 1. The minimum atomic E-state index is -0.177. The maximum absolute atomic E-state index is 11.7. The molecule has 0 bridgehead atoms. The molecule has 22 heavy (non-hydrogen) atoms. The summed E-state index contributed by atoms with van der Waals surface area (Å²) >= 11 is 0. The molecular formula is C17H25N3O2. The van der Waals surface area contributed by atoms with Gasteiger partial charge in [-0.1, -0.05) is 19.9 Å². The van der Waals surface area contributed by atoms with Gasteiger partial charge in [-0.15, -0.1) is 0 Å². The highest BCUT2D eigenvalue weighted by Gasteiger charge is 2.19. The van der Waals surface area contributed by atoms with Crippen molar-refractivity contribution >= 4 is 22.7 Å². The first-order valence-corrected chi connectivity index (χ1v) is 8.02. The Morgan fingerprint density at radius 2 is 2.05 bits per heavy atom. The van der Waals surface area contributed by atoms with Crippen LogP contribution < -0.4 is 5.73 Å². The Morgan fingerprint density at radius 1 is 1.32 bits per heavy atom. The molecule has 0 atom stereocenters. The van der Waals surface area contributed by atoms with Crippen LogP contribution in [0.1, 0.15) is 51.8 Å². The number of aromatic nitrogens is 2. The third-order valence-corrected chi connectivity index (χ3v) is 4.04. The molecule has 2 aromatic rings. The number of carbonyl (C=O) groups excluding carboxylic acids is 1. The minimum Gasteiger partial charge on any atom is -0.466 e. The van der Waals surface area contributed by atoms with Gasteiger partial charge in [0.05, 0.1) is 24.2 Å². The van der Waals surface area contributed by atoms with E-state index < -0.39 is 0 Å². The number of carbonyl (C=O) groups is 1. The third kappa shape index (κ3) is 3.24. The number of benzene rings is 1. The summed E-state index contributed by atoms with van der Waals surface area (Å²) in [6, 6.07) is 5.80. The van der Waals surface area contributed by atoms with Crippen LogP contribution in [0.3, 0.4) is 0 Å². The van der Waals surface area contributed by atoms with Gasteiger partial charge < -0.3 is 15.0 Å². The van der Waals surface area contributed by atoms with E-state index in [0.29, 0.717) is 31.2 Å². The van der Waals surface area contributed by atoms with Crippen molar-refractivity contribution in [3.63, 3.8) is 0 Å². The second-order valence-corrected chi connectivity index (χ2v) is 5.41. The maximum Gasteiger partial charge on any atom is 0.307 e. The molecule has 1 aromatic heterocycles. The van der Waals surface area contributed by atoms with Crippen molar-refractivity contribution in [1.29, 1.82) is 0 Å². The van der Waals surface area contributed by atoms with Crippen molar-refractivity contribution in [2.45, 2.75) is 52.5 Å². The molecule has 1 aromatic carbocycles. The van der Waals surface area contributed by atoms with Gasteiger partial charge in [-0.2, -0.15) is 0 Å². The lowest BCUT2D eigenvalue weighted by molar-refractivity contribution is -0.143. The third-order valence-electron chi connectivity index (χ3n) is 4.04. The Hall–Kier alpha value is -2.04.